The molecular weight excluding hydrogens is 212 g/mol. The van der Waals surface area contributed by atoms with Crippen LogP contribution in [0.2, 0.25) is 0 Å². The van der Waals surface area contributed by atoms with E-state index in [-0.39, 0.29) is 0 Å². The molecule has 0 rings (SSSR count). The van der Waals surface area contributed by atoms with E-state index in [1.807, 2.05) is 25.3 Å². The Kier molecular flexibility index (Phi) is 10.2. The molecule has 102 valence electrons. The molecule has 1 atom stereocenters. The Morgan fingerprint density at radius 3 is 2.47 bits per heavy atom. The number of rotatable bonds is 10. The third-order valence-corrected chi connectivity index (χ3v) is 2.52. The maximum absolute atomic E-state index is 4.47. The second-order valence-electron chi connectivity index (χ2n) is 5.11. The fraction of sp³-hybridized carbons (Fsp3) is 0.923. The van der Waals surface area contributed by atoms with Crippen molar-refractivity contribution in [1.29, 1.82) is 0 Å². The van der Waals surface area contributed by atoms with Crippen LogP contribution in [0, 0.1) is 5.92 Å². The normalized spacial score (nSPS) is 13.5. The highest BCUT2D eigenvalue weighted by Gasteiger charge is 2.07. The first kappa shape index (κ1) is 16.4. The second kappa shape index (κ2) is 10.5. The van der Waals surface area contributed by atoms with Crippen LogP contribution in [0.4, 0.5) is 0 Å². The van der Waals surface area contributed by atoms with Crippen molar-refractivity contribution in [3.63, 3.8) is 0 Å². The van der Waals surface area contributed by atoms with Gasteiger partial charge in [-0.3, -0.25) is 4.99 Å². The molecule has 0 unspecified atom stereocenters. The minimum Gasteiger partial charge on any atom is -0.369 e. The molecule has 0 radical (unpaired) electrons. The molecule has 4 heteroatoms. The van der Waals surface area contributed by atoms with Crippen LogP contribution in [0.1, 0.15) is 19.8 Å². The van der Waals surface area contributed by atoms with Crippen molar-refractivity contribution < 1.29 is 0 Å². The van der Waals surface area contributed by atoms with Gasteiger partial charge in [0.2, 0.25) is 0 Å². The van der Waals surface area contributed by atoms with Gasteiger partial charge in [0.25, 0.3) is 0 Å². The van der Waals surface area contributed by atoms with Gasteiger partial charge < -0.3 is 15.1 Å². The van der Waals surface area contributed by atoms with Gasteiger partial charge in [0.15, 0.2) is 0 Å². The molecular formula is C13H30N4. The maximum atomic E-state index is 4.47. The summed E-state index contributed by atoms with van der Waals surface area (Å²) in [6.45, 7) is 6.44. The molecule has 0 aliphatic carbocycles. The lowest BCUT2D eigenvalue weighted by Gasteiger charge is -2.18. The van der Waals surface area contributed by atoms with Crippen LogP contribution in [0.3, 0.4) is 0 Å². The van der Waals surface area contributed by atoms with Gasteiger partial charge in [-0.05, 0) is 52.5 Å². The minimum absolute atomic E-state index is 0.639. The third kappa shape index (κ3) is 11.6. The number of aliphatic imine (C=N–C) groups is 1. The van der Waals surface area contributed by atoms with Crippen molar-refractivity contribution in [2.75, 3.05) is 54.4 Å². The van der Waals surface area contributed by atoms with Gasteiger partial charge in [0.05, 0.1) is 6.34 Å². The summed E-state index contributed by atoms with van der Waals surface area (Å²) in [5, 5.41) is 3.49. The average molecular weight is 242 g/mol. The number of nitrogens with zero attached hydrogens (tertiary/aromatic N) is 3. The lowest BCUT2D eigenvalue weighted by molar-refractivity contribution is 0.345. The van der Waals surface area contributed by atoms with E-state index >= 15 is 0 Å². The Labute approximate surface area is 107 Å². The molecule has 0 spiro atoms. The predicted octanol–water partition coefficient (Wildman–Crippen LogP) is 1.14. The molecule has 0 aliphatic rings. The second-order valence-corrected chi connectivity index (χ2v) is 5.11. The monoisotopic (exact) mass is 242 g/mol. The average Bonchev–Trinajstić information content (AvgIpc) is 2.24. The highest BCUT2D eigenvalue weighted by atomic mass is 15.1. The zero-order valence-corrected chi connectivity index (χ0v) is 12.2. The van der Waals surface area contributed by atoms with Crippen molar-refractivity contribution in [2.45, 2.75) is 19.8 Å². The van der Waals surface area contributed by atoms with E-state index in [4.69, 9.17) is 0 Å². The van der Waals surface area contributed by atoms with Gasteiger partial charge in [0.1, 0.15) is 0 Å². The van der Waals surface area contributed by atoms with E-state index in [1.54, 1.807) is 0 Å². The minimum atomic E-state index is 0.639. The fourth-order valence-electron chi connectivity index (χ4n) is 1.54. The van der Waals surface area contributed by atoms with Crippen molar-refractivity contribution in [3.05, 3.63) is 0 Å². The number of nitrogens with one attached hydrogen (secondary N) is 1. The molecule has 17 heavy (non-hydrogen) atoms. The van der Waals surface area contributed by atoms with Crippen molar-refractivity contribution >= 4 is 6.34 Å². The smallest absolute Gasteiger partial charge is 0.0844 e. The van der Waals surface area contributed by atoms with Crippen LogP contribution in [0.25, 0.3) is 0 Å². The fourth-order valence-corrected chi connectivity index (χ4v) is 1.54. The van der Waals surface area contributed by atoms with Crippen LogP contribution >= 0.6 is 0 Å². The SMILES string of the molecule is CCCNC[C@H](CCN(C)C)C/N=C/N(C)C. The molecule has 0 aromatic carbocycles. The van der Waals surface area contributed by atoms with Crippen LogP contribution < -0.4 is 5.32 Å². The summed E-state index contributed by atoms with van der Waals surface area (Å²) in [5.74, 6) is 0.639. The maximum Gasteiger partial charge on any atom is 0.0844 e. The van der Waals surface area contributed by atoms with Crippen molar-refractivity contribution in [1.82, 2.24) is 15.1 Å². The lowest BCUT2D eigenvalue weighted by atomic mass is 10.1. The van der Waals surface area contributed by atoms with E-state index in [9.17, 15) is 0 Å². The van der Waals surface area contributed by atoms with Crippen molar-refractivity contribution in [2.24, 2.45) is 10.9 Å². The lowest BCUT2D eigenvalue weighted by Crippen LogP contribution is -2.28. The van der Waals surface area contributed by atoms with Gasteiger partial charge >= 0.3 is 0 Å². The standard InChI is InChI=1S/C13H30N4/c1-6-8-14-10-13(7-9-16(2)3)11-15-12-17(4)5/h12-14H,6-11H2,1-5H3/b15-12+/t13-/m0/s1. The molecule has 0 bridgehead atoms. The topological polar surface area (TPSA) is 30.9 Å². The Bertz CT molecular complexity index is 190. The molecule has 4 nitrogen and oxygen atoms in total. The highest BCUT2D eigenvalue weighted by Crippen LogP contribution is 2.03. The predicted molar refractivity (Wildman–Crippen MR) is 76.9 cm³/mol. The van der Waals surface area contributed by atoms with Crippen LogP contribution in [0.15, 0.2) is 4.99 Å². The number of hydrogen-bond donors (Lipinski definition) is 1. The molecule has 0 saturated heterocycles. The molecule has 0 aromatic rings. The van der Waals surface area contributed by atoms with E-state index < -0.39 is 0 Å². The summed E-state index contributed by atoms with van der Waals surface area (Å²) in [6.07, 6.45) is 4.30. The Hall–Kier alpha value is -0.610. The zero-order chi connectivity index (χ0) is 13.1. The van der Waals surface area contributed by atoms with Crippen LogP contribution in [0.5, 0.6) is 0 Å². The first-order chi connectivity index (χ1) is 8.06. The van der Waals surface area contributed by atoms with E-state index in [0.29, 0.717) is 5.92 Å². The van der Waals surface area contributed by atoms with Gasteiger partial charge in [-0.25, -0.2) is 0 Å². The molecule has 0 saturated carbocycles. The van der Waals surface area contributed by atoms with Gasteiger partial charge in [-0.2, -0.15) is 0 Å². The summed E-state index contributed by atoms with van der Waals surface area (Å²) in [6, 6.07) is 0. The summed E-state index contributed by atoms with van der Waals surface area (Å²) in [4.78, 5) is 8.70. The summed E-state index contributed by atoms with van der Waals surface area (Å²) in [5.41, 5.74) is 0. The molecule has 0 amide bonds. The molecule has 0 heterocycles. The summed E-state index contributed by atoms with van der Waals surface area (Å²) in [7, 11) is 8.26. The summed E-state index contributed by atoms with van der Waals surface area (Å²) < 4.78 is 0. The molecule has 0 fully saturated rings. The summed E-state index contributed by atoms with van der Waals surface area (Å²) >= 11 is 0. The van der Waals surface area contributed by atoms with E-state index in [1.165, 1.54) is 12.8 Å². The number of hydrogen-bond acceptors (Lipinski definition) is 3. The quantitative estimate of drug-likeness (QED) is 0.354. The Morgan fingerprint density at radius 2 is 1.94 bits per heavy atom. The third-order valence-electron chi connectivity index (χ3n) is 2.52. The van der Waals surface area contributed by atoms with Gasteiger partial charge in [0, 0.05) is 20.6 Å². The molecule has 0 aromatic heterocycles. The van der Waals surface area contributed by atoms with E-state index in [2.05, 4.69) is 36.2 Å². The largest absolute Gasteiger partial charge is 0.369 e. The van der Waals surface area contributed by atoms with Crippen molar-refractivity contribution in [3.8, 4) is 0 Å². The van der Waals surface area contributed by atoms with Gasteiger partial charge in [-0.15, -0.1) is 0 Å². The van der Waals surface area contributed by atoms with E-state index in [0.717, 1.165) is 26.2 Å². The Morgan fingerprint density at radius 1 is 1.24 bits per heavy atom. The first-order valence-electron chi connectivity index (χ1n) is 6.58. The Balaban J connectivity index is 3.91. The first-order valence-corrected chi connectivity index (χ1v) is 6.58. The highest BCUT2D eigenvalue weighted by molar-refractivity contribution is 5.53. The van der Waals surface area contributed by atoms with Crippen LogP contribution in [-0.2, 0) is 0 Å². The zero-order valence-electron chi connectivity index (χ0n) is 12.2. The molecule has 0 aliphatic heterocycles. The van der Waals surface area contributed by atoms with Crippen LogP contribution in [-0.4, -0.2) is 70.5 Å². The van der Waals surface area contributed by atoms with Gasteiger partial charge in [-0.1, -0.05) is 6.92 Å². The molecule has 1 N–H and O–H groups in total.